The second kappa shape index (κ2) is 4.18. The number of rotatable bonds is 6. The van der Waals surface area contributed by atoms with Crippen molar-refractivity contribution >= 4 is 0 Å². The van der Waals surface area contributed by atoms with Crippen molar-refractivity contribution in [2.45, 2.75) is 31.0 Å². The van der Waals surface area contributed by atoms with Gasteiger partial charge in [-0.25, -0.2) is 0 Å². The average Bonchev–Trinajstić information content (AvgIpc) is 2.95. The first-order valence-corrected chi connectivity index (χ1v) is 4.35. The van der Waals surface area contributed by atoms with Crippen molar-refractivity contribution in [2.75, 3.05) is 6.61 Å². The van der Waals surface area contributed by atoms with Crippen LogP contribution in [0, 0.1) is 31.6 Å². The largest absolute Gasteiger partial charge is 0.543 e. The Labute approximate surface area is 84.7 Å². The number of hydrogen-bond acceptors (Lipinski definition) is 6. The van der Waals surface area contributed by atoms with E-state index in [2.05, 4.69) is 0 Å². The molecule has 0 N–H and O–H groups in total. The smallest absolute Gasteiger partial charge is 0.373 e. The molecule has 1 heterocycles. The predicted octanol–water partition coefficient (Wildman–Crippen LogP) is 0.329. The lowest BCUT2D eigenvalue weighted by atomic mass is 10.0. The van der Waals surface area contributed by atoms with Gasteiger partial charge in [0.2, 0.25) is 6.07 Å². The SMILES string of the molecule is N#CC(CCCC1CO1)([N+](=O)[O-])[N+](=O)[O-]. The van der Waals surface area contributed by atoms with Crippen molar-refractivity contribution in [1.29, 1.82) is 5.26 Å². The Balaban J connectivity index is 2.58. The van der Waals surface area contributed by atoms with Crippen LogP contribution in [0.3, 0.4) is 0 Å². The Morgan fingerprint density at radius 2 is 2.00 bits per heavy atom. The summed E-state index contributed by atoms with van der Waals surface area (Å²) in [7, 11) is 0. The molecule has 0 aliphatic carbocycles. The first-order valence-electron chi connectivity index (χ1n) is 4.35. The molecule has 1 fully saturated rings. The minimum atomic E-state index is -2.70. The highest BCUT2D eigenvalue weighted by atomic mass is 16.7. The minimum absolute atomic E-state index is 0.0555. The van der Waals surface area contributed by atoms with E-state index in [0.717, 1.165) is 0 Å². The number of hydrogen-bond donors (Lipinski definition) is 0. The van der Waals surface area contributed by atoms with E-state index in [1.807, 2.05) is 0 Å². The highest BCUT2D eigenvalue weighted by molar-refractivity contribution is 4.92. The fourth-order valence-corrected chi connectivity index (χ4v) is 1.20. The van der Waals surface area contributed by atoms with Crippen molar-refractivity contribution in [1.82, 2.24) is 0 Å². The van der Waals surface area contributed by atoms with Crippen LogP contribution in [0.2, 0.25) is 0 Å². The molecule has 0 aromatic carbocycles. The van der Waals surface area contributed by atoms with Gasteiger partial charge in [-0.3, -0.25) is 20.2 Å². The molecule has 1 atom stereocenters. The van der Waals surface area contributed by atoms with Gasteiger partial charge in [0.05, 0.1) is 12.7 Å². The van der Waals surface area contributed by atoms with E-state index in [1.165, 1.54) is 6.07 Å². The van der Waals surface area contributed by atoms with Crippen molar-refractivity contribution < 1.29 is 14.6 Å². The van der Waals surface area contributed by atoms with Gasteiger partial charge in [-0.15, -0.1) is 0 Å². The van der Waals surface area contributed by atoms with Crippen LogP contribution in [0.4, 0.5) is 0 Å². The summed E-state index contributed by atoms with van der Waals surface area (Å²) >= 11 is 0. The second-order valence-corrected chi connectivity index (χ2v) is 3.29. The molecule has 0 radical (unpaired) electrons. The van der Waals surface area contributed by atoms with E-state index in [-0.39, 0.29) is 18.9 Å². The molecule has 1 rings (SSSR count). The van der Waals surface area contributed by atoms with Crippen LogP contribution in [0.5, 0.6) is 0 Å². The minimum Gasteiger partial charge on any atom is -0.373 e. The van der Waals surface area contributed by atoms with E-state index in [1.54, 1.807) is 0 Å². The van der Waals surface area contributed by atoms with Crippen molar-refractivity contribution in [3.8, 4) is 6.07 Å². The Morgan fingerprint density at radius 3 is 2.33 bits per heavy atom. The summed E-state index contributed by atoms with van der Waals surface area (Å²) in [5, 5.41) is 29.5. The van der Waals surface area contributed by atoms with Gasteiger partial charge < -0.3 is 4.74 Å². The molecule has 82 valence electrons. The van der Waals surface area contributed by atoms with Crippen LogP contribution in [0.15, 0.2) is 0 Å². The molecule has 0 aromatic rings. The molecule has 1 unspecified atom stereocenters. The molecule has 0 spiro atoms. The van der Waals surface area contributed by atoms with E-state index >= 15 is 0 Å². The van der Waals surface area contributed by atoms with Gasteiger partial charge >= 0.3 is 5.66 Å². The maximum Gasteiger partial charge on any atom is 0.543 e. The lowest BCUT2D eigenvalue weighted by molar-refractivity contribution is -0.778. The highest BCUT2D eigenvalue weighted by Gasteiger charge is 2.56. The number of nitro groups is 2. The standard InChI is InChI=1S/C7H9N3O5/c8-5-7(9(11)12,10(13)14)3-1-2-6-4-15-6/h6H,1-4H2. The zero-order valence-corrected chi connectivity index (χ0v) is 7.79. The Kier molecular flexibility index (Phi) is 3.16. The Bertz CT molecular complexity index is 305. The predicted molar refractivity (Wildman–Crippen MR) is 45.9 cm³/mol. The van der Waals surface area contributed by atoms with Crippen LogP contribution in [-0.4, -0.2) is 28.2 Å². The second-order valence-electron chi connectivity index (χ2n) is 3.29. The van der Waals surface area contributed by atoms with Crippen molar-refractivity contribution in [2.24, 2.45) is 0 Å². The molecule has 0 saturated carbocycles. The van der Waals surface area contributed by atoms with Crippen LogP contribution in [0.25, 0.3) is 0 Å². The van der Waals surface area contributed by atoms with Gasteiger partial charge in [-0.1, -0.05) is 0 Å². The number of ether oxygens (including phenoxy) is 1. The highest BCUT2D eigenvalue weighted by Crippen LogP contribution is 2.23. The molecule has 1 aliphatic heterocycles. The molecular weight excluding hydrogens is 206 g/mol. The zero-order chi connectivity index (χ0) is 11.5. The van der Waals surface area contributed by atoms with Crippen molar-refractivity contribution in [3.05, 3.63) is 20.2 Å². The van der Waals surface area contributed by atoms with E-state index in [4.69, 9.17) is 10.00 Å². The Morgan fingerprint density at radius 1 is 1.47 bits per heavy atom. The molecule has 0 bridgehead atoms. The van der Waals surface area contributed by atoms with Gasteiger partial charge in [0.25, 0.3) is 0 Å². The summed E-state index contributed by atoms with van der Waals surface area (Å²) in [5.41, 5.74) is -2.70. The fourth-order valence-electron chi connectivity index (χ4n) is 1.20. The number of nitrogens with zero attached hydrogens (tertiary/aromatic N) is 3. The number of nitriles is 1. The molecule has 8 heteroatoms. The maximum atomic E-state index is 10.5. The lowest BCUT2D eigenvalue weighted by Crippen LogP contribution is -2.44. The summed E-state index contributed by atoms with van der Waals surface area (Å²) in [6.07, 6.45) is 0.425. The lowest BCUT2D eigenvalue weighted by Gasteiger charge is -2.08. The van der Waals surface area contributed by atoms with Crippen LogP contribution in [0.1, 0.15) is 19.3 Å². The monoisotopic (exact) mass is 215 g/mol. The van der Waals surface area contributed by atoms with E-state index in [0.29, 0.717) is 13.0 Å². The Hall–Kier alpha value is -1.75. The molecule has 0 aromatic heterocycles. The third kappa shape index (κ3) is 2.38. The van der Waals surface area contributed by atoms with E-state index in [9.17, 15) is 20.2 Å². The van der Waals surface area contributed by atoms with Crippen LogP contribution in [-0.2, 0) is 4.74 Å². The van der Waals surface area contributed by atoms with Gasteiger partial charge in [-0.2, -0.15) is 5.26 Å². The third-order valence-corrected chi connectivity index (χ3v) is 2.24. The average molecular weight is 215 g/mol. The summed E-state index contributed by atoms with van der Waals surface area (Å²) < 4.78 is 4.86. The molecule has 8 nitrogen and oxygen atoms in total. The first kappa shape index (κ1) is 11.3. The van der Waals surface area contributed by atoms with Crippen LogP contribution >= 0.6 is 0 Å². The van der Waals surface area contributed by atoms with Gasteiger partial charge in [0.15, 0.2) is 0 Å². The molecule has 1 saturated heterocycles. The molecule has 1 aliphatic rings. The maximum absolute atomic E-state index is 10.5. The van der Waals surface area contributed by atoms with Crippen molar-refractivity contribution in [3.63, 3.8) is 0 Å². The summed E-state index contributed by atoms with van der Waals surface area (Å²) in [4.78, 5) is 18.7. The van der Waals surface area contributed by atoms with Crippen LogP contribution < -0.4 is 0 Å². The fraction of sp³-hybridized carbons (Fsp3) is 0.857. The third-order valence-electron chi connectivity index (χ3n) is 2.24. The van der Waals surface area contributed by atoms with Gasteiger partial charge in [0.1, 0.15) is 16.3 Å². The molecule has 0 amide bonds. The van der Waals surface area contributed by atoms with Gasteiger partial charge in [0, 0.05) is 0 Å². The summed E-state index contributed by atoms with van der Waals surface area (Å²) in [5.74, 6) is 0. The quantitative estimate of drug-likeness (QED) is 0.272. The molecular formula is C7H9N3O5. The van der Waals surface area contributed by atoms with Gasteiger partial charge in [-0.05, 0) is 12.8 Å². The topological polar surface area (TPSA) is 123 Å². The summed E-state index contributed by atoms with van der Waals surface area (Å²) in [6, 6.07) is 1.17. The van der Waals surface area contributed by atoms with E-state index < -0.39 is 15.5 Å². The summed E-state index contributed by atoms with van der Waals surface area (Å²) in [6.45, 7) is 0.594. The number of epoxide rings is 1. The normalized spacial score (nSPS) is 19.3. The molecule has 15 heavy (non-hydrogen) atoms. The first-order chi connectivity index (χ1) is 7.03. The zero-order valence-electron chi connectivity index (χ0n) is 7.79.